The van der Waals surface area contributed by atoms with Crippen molar-refractivity contribution in [2.24, 2.45) is 5.92 Å². The standard InChI is InChI=1S/C15H28N2O/c1-3-13-7-5-4-6-10-17(13)15(18)14-11-12(2)8-9-16-14/h12-14,16H,3-11H2,1-2H3. The van der Waals surface area contributed by atoms with Gasteiger partial charge in [-0.05, 0) is 44.6 Å². The van der Waals surface area contributed by atoms with Crippen molar-refractivity contribution in [2.75, 3.05) is 13.1 Å². The topological polar surface area (TPSA) is 32.3 Å². The lowest BCUT2D eigenvalue weighted by Crippen LogP contribution is -2.52. The summed E-state index contributed by atoms with van der Waals surface area (Å²) in [6.45, 7) is 6.46. The van der Waals surface area contributed by atoms with Crippen LogP contribution in [0.3, 0.4) is 0 Å². The fourth-order valence-electron chi connectivity index (χ4n) is 3.39. The number of nitrogens with one attached hydrogen (secondary N) is 1. The predicted octanol–water partition coefficient (Wildman–Crippen LogP) is 2.56. The average Bonchev–Trinajstić information content (AvgIpc) is 2.62. The Kier molecular flexibility index (Phi) is 5.04. The van der Waals surface area contributed by atoms with Gasteiger partial charge in [0.15, 0.2) is 0 Å². The minimum Gasteiger partial charge on any atom is -0.338 e. The van der Waals surface area contributed by atoms with Gasteiger partial charge in [-0.1, -0.05) is 26.7 Å². The van der Waals surface area contributed by atoms with Crippen molar-refractivity contribution < 1.29 is 4.79 Å². The molecule has 2 rings (SSSR count). The number of piperidine rings is 1. The van der Waals surface area contributed by atoms with E-state index in [-0.39, 0.29) is 6.04 Å². The number of nitrogens with zero attached hydrogens (tertiary/aromatic N) is 1. The van der Waals surface area contributed by atoms with E-state index < -0.39 is 0 Å². The summed E-state index contributed by atoms with van der Waals surface area (Å²) in [5.74, 6) is 1.06. The van der Waals surface area contributed by atoms with Crippen LogP contribution in [0.5, 0.6) is 0 Å². The van der Waals surface area contributed by atoms with Crippen molar-refractivity contribution in [3.8, 4) is 0 Å². The van der Waals surface area contributed by atoms with Crippen LogP contribution in [0.1, 0.15) is 58.8 Å². The van der Waals surface area contributed by atoms with Gasteiger partial charge in [0, 0.05) is 12.6 Å². The number of rotatable bonds is 2. The summed E-state index contributed by atoms with van der Waals surface area (Å²) in [4.78, 5) is 14.9. The van der Waals surface area contributed by atoms with Gasteiger partial charge < -0.3 is 10.2 Å². The molecule has 2 heterocycles. The molecule has 3 unspecified atom stereocenters. The summed E-state index contributed by atoms with van der Waals surface area (Å²) in [6, 6.07) is 0.569. The predicted molar refractivity (Wildman–Crippen MR) is 74.4 cm³/mol. The van der Waals surface area contributed by atoms with Crippen LogP contribution in [0, 0.1) is 5.92 Å². The van der Waals surface area contributed by atoms with Crippen LogP contribution < -0.4 is 5.32 Å². The second-order valence-electron chi connectivity index (χ2n) is 6.08. The van der Waals surface area contributed by atoms with Crippen molar-refractivity contribution in [2.45, 2.75) is 70.9 Å². The van der Waals surface area contributed by atoms with Gasteiger partial charge in [0.2, 0.25) is 5.91 Å². The molecule has 1 amide bonds. The quantitative estimate of drug-likeness (QED) is 0.819. The minimum atomic E-state index is 0.0842. The van der Waals surface area contributed by atoms with Gasteiger partial charge in [0.05, 0.1) is 6.04 Å². The smallest absolute Gasteiger partial charge is 0.239 e. The van der Waals surface area contributed by atoms with E-state index in [1.807, 2.05) is 0 Å². The molecule has 0 bridgehead atoms. The summed E-state index contributed by atoms with van der Waals surface area (Å²) in [7, 11) is 0. The van der Waals surface area contributed by atoms with E-state index in [0.717, 1.165) is 25.9 Å². The van der Waals surface area contributed by atoms with Gasteiger partial charge in [-0.25, -0.2) is 0 Å². The number of hydrogen-bond acceptors (Lipinski definition) is 2. The number of carbonyl (C=O) groups is 1. The number of amides is 1. The first-order valence-electron chi connectivity index (χ1n) is 7.76. The van der Waals surface area contributed by atoms with Crippen LogP contribution in [-0.2, 0) is 4.79 Å². The second kappa shape index (κ2) is 6.55. The maximum atomic E-state index is 12.7. The third kappa shape index (κ3) is 3.25. The summed E-state index contributed by atoms with van der Waals surface area (Å²) in [6.07, 6.45) is 8.29. The van der Waals surface area contributed by atoms with E-state index in [1.54, 1.807) is 0 Å². The Bertz CT molecular complexity index is 280. The zero-order chi connectivity index (χ0) is 13.0. The Labute approximate surface area is 111 Å². The van der Waals surface area contributed by atoms with E-state index in [4.69, 9.17) is 0 Å². The molecule has 2 fully saturated rings. The van der Waals surface area contributed by atoms with Gasteiger partial charge in [-0.3, -0.25) is 4.79 Å². The van der Waals surface area contributed by atoms with Gasteiger partial charge >= 0.3 is 0 Å². The fraction of sp³-hybridized carbons (Fsp3) is 0.933. The zero-order valence-electron chi connectivity index (χ0n) is 12.0. The van der Waals surface area contributed by atoms with Gasteiger partial charge in [0.1, 0.15) is 0 Å². The Morgan fingerprint density at radius 2 is 2.11 bits per heavy atom. The van der Waals surface area contributed by atoms with Crippen LogP contribution in [-0.4, -0.2) is 36.0 Å². The molecule has 18 heavy (non-hydrogen) atoms. The molecule has 0 aromatic heterocycles. The zero-order valence-corrected chi connectivity index (χ0v) is 12.0. The highest BCUT2D eigenvalue weighted by molar-refractivity contribution is 5.82. The fourth-order valence-corrected chi connectivity index (χ4v) is 3.39. The molecule has 3 atom stereocenters. The Hall–Kier alpha value is -0.570. The first kappa shape index (κ1) is 13.9. The molecule has 0 aromatic carbocycles. The number of hydrogen-bond donors (Lipinski definition) is 1. The van der Waals surface area contributed by atoms with Crippen LogP contribution in [0.2, 0.25) is 0 Å². The monoisotopic (exact) mass is 252 g/mol. The lowest BCUT2D eigenvalue weighted by Gasteiger charge is -2.35. The van der Waals surface area contributed by atoms with E-state index in [1.165, 1.54) is 32.1 Å². The molecule has 2 aliphatic rings. The van der Waals surface area contributed by atoms with Gasteiger partial charge in [0.25, 0.3) is 0 Å². The number of likely N-dealkylation sites (tertiary alicyclic amines) is 1. The van der Waals surface area contributed by atoms with Crippen molar-refractivity contribution in [3.63, 3.8) is 0 Å². The van der Waals surface area contributed by atoms with Gasteiger partial charge in [-0.15, -0.1) is 0 Å². The molecule has 0 aromatic rings. The molecule has 0 aliphatic carbocycles. The molecular weight excluding hydrogens is 224 g/mol. The van der Waals surface area contributed by atoms with Crippen molar-refractivity contribution in [3.05, 3.63) is 0 Å². The highest BCUT2D eigenvalue weighted by Gasteiger charge is 2.31. The lowest BCUT2D eigenvalue weighted by molar-refractivity contribution is -0.136. The number of carbonyl (C=O) groups excluding carboxylic acids is 1. The molecular formula is C15H28N2O. The van der Waals surface area contributed by atoms with E-state index >= 15 is 0 Å². The first-order valence-corrected chi connectivity index (χ1v) is 7.76. The molecule has 3 nitrogen and oxygen atoms in total. The average molecular weight is 252 g/mol. The summed E-state index contributed by atoms with van der Waals surface area (Å²) < 4.78 is 0. The first-order chi connectivity index (χ1) is 8.72. The third-order valence-corrected chi connectivity index (χ3v) is 4.60. The van der Waals surface area contributed by atoms with Crippen molar-refractivity contribution in [1.29, 1.82) is 0 Å². The maximum absolute atomic E-state index is 12.7. The normalized spacial score (nSPS) is 34.1. The molecule has 104 valence electrons. The molecule has 0 saturated carbocycles. The molecule has 2 saturated heterocycles. The molecule has 0 radical (unpaired) electrons. The van der Waals surface area contributed by atoms with Crippen molar-refractivity contribution >= 4 is 5.91 Å². The van der Waals surface area contributed by atoms with Crippen LogP contribution >= 0.6 is 0 Å². The molecule has 3 heteroatoms. The highest BCUT2D eigenvalue weighted by Crippen LogP contribution is 2.23. The van der Waals surface area contributed by atoms with Crippen LogP contribution in [0.25, 0.3) is 0 Å². The summed E-state index contributed by atoms with van der Waals surface area (Å²) in [5, 5.41) is 3.42. The SMILES string of the molecule is CCC1CCCCCN1C(=O)C1CC(C)CCN1. The van der Waals surface area contributed by atoms with Crippen LogP contribution in [0.4, 0.5) is 0 Å². The largest absolute Gasteiger partial charge is 0.338 e. The molecule has 2 aliphatic heterocycles. The molecule has 0 spiro atoms. The van der Waals surface area contributed by atoms with Crippen molar-refractivity contribution in [1.82, 2.24) is 10.2 Å². The van der Waals surface area contributed by atoms with E-state index in [2.05, 4.69) is 24.1 Å². The molecule has 1 N–H and O–H groups in total. The maximum Gasteiger partial charge on any atom is 0.239 e. The highest BCUT2D eigenvalue weighted by atomic mass is 16.2. The lowest BCUT2D eigenvalue weighted by atomic mass is 9.93. The summed E-state index contributed by atoms with van der Waals surface area (Å²) >= 11 is 0. The Balaban J connectivity index is 2.00. The Morgan fingerprint density at radius 1 is 1.28 bits per heavy atom. The summed E-state index contributed by atoms with van der Waals surface area (Å²) in [5.41, 5.74) is 0. The van der Waals surface area contributed by atoms with E-state index in [9.17, 15) is 4.79 Å². The van der Waals surface area contributed by atoms with Gasteiger partial charge in [-0.2, -0.15) is 0 Å². The minimum absolute atomic E-state index is 0.0842. The van der Waals surface area contributed by atoms with Crippen LogP contribution in [0.15, 0.2) is 0 Å². The Morgan fingerprint density at radius 3 is 2.83 bits per heavy atom. The second-order valence-corrected chi connectivity index (χ2v) is 6.08. The van der Waals surface area contributed by atoms with E-state index in [0.29, 0.717) is 17.9 Å². The third-order valence-electron chi connectivity index (χ3n) is 4.60.